The summed E-state index contributed by atoms with van der Waals surface area (Å²) in [5.41, 5.74) is 3.27. The second kappa shape index (κ2) is 6.57. The molecule has 0 saturated carbocycles. The number of nitrogens with one attached hydrogen (secondary N) is 1. The van der Waals surface area contributed by atoms with Crippen molar-refractivity contribution < 1.29 is 9.32 Å². The Hall–Kier alpha value is -2.10. The zero-order valence-corrected chi connectivity index (χ0v) is 13.1. The minimum atomic E-state index is -0.152. The lowest BCUT2D eigenvalue weighted by Crippen LogP contribution is -2.16. The first-order valence-electron chi connectivity index (χ1n) is 7.43. The van der Waals surface area contributed by atoms with E-state index in [0.29, 0.717) is 29.4 Å². The van der Waals surface area contributed by atoms with Gasteiger partial charge in [-0.15, -0.1) is 0 Å². The van der Waals surface area contributed by atoms with Gasteiger partial charge in [0.1, 0.15) is 11.3 Å². The van der Waals surface area contributed by atoms with Crippen molar-refractivity contribution in [3.63, 3.8) is 0 Å². The third-order valence-electron chi connectivity index (χ3n) is 3.85. The summed E-state index contributed by atoms with van der Waals surface area (Å²) in [6.45, 7) is 8.03. The molecular formula is C17H22N2O2. The van der Waals surface area contributed by atoms with Crippen molar-refractivity contribution in [3.05, 3.63) is 46.8 Å². The molecule has 4 heteroatoms. The summed E-state index contributed by atoms with van der Waals surface area (Å²) < 4.78 is 5.13. The SMILES string of the molecule is CCc1noc(C)c1C(=O)Nc1ccccc1C(C)CC. The van der Waals surface area contributed by atoms with Gasteiger partial charge in [-0.25, -0.2) is 0 Å². The van der Waals surface area contributed by atoms with Crippen molar-refractivity contribution in [1.29, 1.82) is 0 Å². The van der Waals surface area contributed by atoms with Crippen LogP contribution in [-0.4, -0.2) is 11.1 Å². The largest absolute Gasteiger partial charge is 0.361 e. The smallest absolute Gasteiger partial charge is 0.261 e. The van der Waals surface area contributed by atoms with Gasteiger partial charge in [-0.1, -0.05) is 44.1 Å². The van der Waals surface area contributed by atoms with Gasteiger partial charge in [0.25, 0.3) is 5.91 Å². The first-order chi connectivity index (χ1) is 10.1. The molecule has 0 saturated heterocycles. The number of amides is 1. The fraction of sp³-hybridized carbons (Fsp3) is 0.412. The number of hydrogen-bond acceptors (Lipinski definition) is 3. The Morgan fingerprint density at radius 3 is 2.71 bits per heavy atom. The minimum absolute atomic E-state index is 0.152. The van der Waals surface area contributed by atoms with Crippen molar-refractivity contribution in [1.82, 2.24) is 5.16 Å². The highest BCUT2D eigenvalue weighted by molar-refractivity contribution is 6.06. The number of nitrogens with zero attached hydrogens (tertiary/aromatic N) is 1. The van der Waals surface area contributed by atoms with E-state index in [9.17, 15) is 4.79 Å². The van der Waals surface area contributed by atoms with Crippen LogP contribution in [0, 0.1) is 6.92 Å². The molecule has 0 aliphatic rings. The van der Waals surface area contributed by atoms with Gasteiger partial charge in [0.15, 0.2) is 0 Å². The van der Waals surface area contributed by atoms with E-state index in [1.165, 1.54) is 0 Å². The first kappa shape index (κ1) is 15.3. The molecule has 1 aromatic heterocycles. The maximum atomic E-state index is 12.5. The van der Waals surface area contributed by atoms with E-state index in [4.69, 9.17) is 4.52 Å². The number of aromatic nitrogens is 1. The van der Waals surface area contributed by atoms with Crippen molar-refractivity contribution in [2.75, 3.05) is 5.32 Å². The fourth-order valence-electron chi connectivity index (χ4n) is 2.40. The van der Waals surface area contributed by atoms with Crippen molar-refractivity contribution in [2.45, 2.75) is 46.5 Å². The second-order valence-electron chi connectivity index (χ2n) is 5.26. The van der Waals surface area contributed by atoms with Gasteiger partial charge in [0.05, 0.1) is 5.69 Å². The normalized spacial score (nSPS) is 12.2. The molecule has 1 atom stereocenters. The molecule has 1 N–H and O–H groups in total. The van der Waals surface area contributed by atoms with E-state index >= 15 is 0 Å². The molecule has 2 rings (SSSR count). The molecule has 0 spiro atoms. The number of carbonyl (C=O) groups is 1. The highest BCUT2D eigenvalue weighted by Crippen LogP contribution is 2.27. The average molecular weight is 286 g/mol. The molecule has 1 unspecified atom stereocenters. The van der Waals surface area contributed by atoms with Gasteiger partial charge >= 0.3 is 0 Å². The Morgan fingerprint density at radius 1 is 1.33 bits per heavy atom. The van der Waals surface area contributed by atoms with Crippen LogP contribution in [-0.2, 0) is 6.42 Å². The Morgan fingerprint density at radius 2 is 2.05 bits per heavy atom. The van der Waals surface area contributed by atoms with Gasteiger partial charge in [-0.2, -0.15) is 0 Å². The second-order valence-corrected chi connectivity index (χ2v) is 5.26. The predicted octanol–water partition coefficient (Wildman–Crippen LogP) is 4.31. The third kappa shape index (κ3) is 3.15. The molecule has 1 aromatic carbocycles. The summed E-state index contributed by atoms with van der Waals surface area (Å²) in [5, 5.41) is 6.94. The molecule has 4 nitrogen and oxygen atoms in total. The lowest BCUT2D eigenvalue weighted by molar-refractivity contribution is 0.102. The molecule has 0 aliphatic carbocycles. The van der Waals surface area contributed by atoms with Crippen LogP contribution in [0.15, 0.2) is 28.8 Å². The third-order valence-corrected chi connectivity index (χ3v) is 3.85. The van der Waals surface area contributed by atoms with Crippen LogP contribution in [0.4, 0.5) is 5.69 Å². The van der Waals surface area contributed by atoms with Gasteiger partial charge in [-0.3, -0.25) is 4.79 Å². The molecule has 0 aliphatic heterocycles. The Kier molecular flexibility index (Phi) is 4.78. The topological polar surface area (TPSA) is 55.1 Å². The quantitative estimate of drug-likeness (QED) is 0.891. The van der Waals surface area contributed by atoms with Gasteiger partial charge in [0.2, 0.25) is 0 Å². The van der Waals surface area contributed by atoms with Crippen LogP contribution >= 0.6 is 0 Å². The summed E-state index contributed by atoms with van der Waals surface area (Å²) in [7, 11) is 0. The Balaban J connectivity index is 2.30. The van der Waals surface area contributed by atoms with Crippen LogP contribution in [0.1, 0.15) is 60.5 Å². The molecular weight excluding hydrogens is 264 g/mol. The van der Waals surface area contributed by atoms with E-state index in [1.54, 1.807) is 6.92 Å². The maximum absolute atomic E-state index is 12.5. The van der Waals surface area contributed by atoms with Crippen molar-refractivity contribution >= 4 is 11.6 Å². The predicted molar refractivity (Wildman–Crippen MR) is 83.7 cm³/mol. The molecule has 0 bridgehead atoms. The van der Waals surface area contributed by atoms with Crippen LogP contribution in [0.2, 0.25) is 0 Å². The van der Waals surface area contributed by atoms with E-state index in [1.807, 2.05) is 25.1 Å². The standard InChI is InChI=1S/C17H22N2O2/c1-5-11(3)13-9-7-8-10-15(13)18-17(20)16-12(4)21-19-14(16)6-2/h7-11H,5-6H2,1-4H3,(H,18,20). The van der Waals surface area contributed by atoms with Crippen LogP contribution in [0.3, 0.4) is 0 Å². The molecule has 0 fully saturated rings. The number of hydrogen-bond donors (Lipinski definition) is 1. The van der Waals surface area contributed by atoms with Crippen molar-refractivity contribution in [2.24, 2.45) is 0 Å². The first-order valence-corrected chi connectivity index (χ1v) is 7.43. The molecule has 2 aromatic rings. The number of aryl methyl sites for hydroxylation is 2. The summed E-state index contributed by atoms with van der Waals surface area (Å²) in [6, 6.07) is 7.93. The summed E-state index contributed by atoms with van der Waals surface area (Å²) in [5.74, 6) is 0.808. The van der Waals surface area contributed by atoms with Crippen LogP contribution in [0.5, 0.6) is 0 Å². The number of rotatable bonds is 5. The van der Waals surface area contributed by atoms with Gasteiger partial charge < -0.3 is 9.84 Å². The van der Waals surface area contributed by atoms with E-state index < -0.39 is 0 Å². The van der Waals surface area contributed by atoms with E-state index in [0.717, 1.165) is 17.7 Å². The number of para-hydroxylation sites is 1. The molecule has 21 heavy (non-hydrogen) atoms. The zero-order chi connectivity index (χ0) is 15.4. The van der Waals surface area contributed by atoms with Gasteiger partial charge in [-0.05, 0) is 37.3 Å². The summed E-state index contributed by atoms with van der Waals surface area (Å²) in [4.78, 5) is 12.5. The monoisotopic (exact) mass is 286 g/mol. The van der Waals surface area contributed by atoms with Crippen LogP contribution in [0.25, 0.3) is 0 Å². The Labute approximate surface area is 125 Å². The lowest BCUT2D eigenvalue weighted by Gasteiger charge is -2.15. The number of benzene rings is 1. The summed E-state index contributed by atoms with van der Waals surface area (Å²) >= 11 is 0. The zero-order valence-electron chi connectivity index (χ0n) is 13.1. The fourth-order valence-corrected chi connectivity index (χ4v) is 2.40. The van der Waals surface area contributed by atoms with Crippen LogP contribution < -0.4 is 5.32 Å². The summed E-state index contributed by atoms with van der Waals surface area (Å²) in [6.07, 6.45) is 1.70. The highest BCUT2D eigenvalue weighted by atomic mass is 16.5. The Bertz CT molecular complexity index is 631. The number of carbonyl (C=O) groups excluding carboxylic acids is 1. The van der Waals surface area contributed by atoms with Gasteiger partial charge in [0, 0.05) is 5.69 Å². The number of anilines is 1. The molecule has 0 radical (unpaired) electrons. The molecule has 1 amide bonds. The van der Waals surface area contributed by atoms with E-state index in [2.05, 4.69) is 30.4 Å². The average Bonchev–Trinajstić information content (AvgIpc) is 2.88. The molecule has 1 heterocycles. The highest BCUT2D eigenvalue weighted by Gasteiger charge is 2.20. The van der Waals surface area contributed by atoms with Crippen molar-refractivity contribution in [3.8, 4) is 0 Å². The lowest BCUT2D eigenvalue weighted by atomic mass is 9.96. The maximum Gasteiger partial charge on any atom is 0.261 e. The van der Waals surface area contributed by atoms with E-state index in [-0.39, 0.29) is 5.91 Å². The molecule has 112 valence electrons. The minimum Gasteiger partial charge on any atom is -0.361 e.